The first-order valence-electron chi connectivity index (χ1n) is 5.43. The van der Waals surface area contributed by atoms with Crippen molar-refractivity contribution in [1.82, 2.24) is 0 Å². The average Bonchev–Trinajstić information content (AvgIpc) is 2.12. The number of nitrogens with one attached hydrogen (secondary N) is 1. The molecule has 0 aliphatic rings. The minimum atomic E-state index is -0.366. The van der Waals surface area contributed by atoms with Crippen LogP contribution in [0, 0.1) is 12.3 Å². The van der Waals surface area contributed by atoms with Crippen molar-refractivity contribution < 1.29 is 4.79 Å². The number of benzene rings is 1. The van der Waals surface area contributed by atoms with E-state index in [1.54, 1.807) is 0 Å². The highest BCUT2D eigenvalue weighted by Gasteiger charge is 2.29. The Morgan fingerprint density at radius 2 is 2.00 bits per heavy atom. The normalized spacial score (nSPS) is 13.2. The van der Waals surface area contributed by atoms with Gasteiger partial charge in [-0.05, 0) is 30.0 Å². The molecule has 1 rings (SSSR count). The smallest absolute Gasteiger partial charge is 0.240 e. The second kappa shape index (κ2) is 4.56. The largest absolute Gasteiger partial charge is 0.373 e. The van der Waals surface area contributed by atoms with Crippen molar-refractivity contribution in [1.29, 1.82) is 0 Å². The van der Waals surface area contributed by atoms with Gasteiger partial charge in [-0.1, -0.05) is 32.9 Å². The van der Waals surface area contributed by atoms with E-state index in [9.17, 15) is 4.79 Å². The van der Waals surface area contributed by atoms with Crippen LogP contribution in [0.5, 0.6) is 0 Å². The first-order valence-corrected chi connectivity index (χ1v) is 5.43. The lowest BCUT2D eigenvalue weighted by atomic mass is 9.86. The fourth-order valence-corrected chi connectivity index (χ4v) is 1.62. The Bertz CT molecular complexity index is 380. The molecule has 0 aliphatic heterocycles. The molecule has 0 aromatic heterocycles. The highest BCUT2D eigenvalue weighted by Crippen LogP contribution is 2.23. The van der Waals surface area contributed by atoms with Crippen LogP contribution in [0.15, 0.2) is 24.3 Å². The van der Waals surface area contributed by atoms with Gasteiger partial charge in [0.2, 0.25) is 5.91 Å². The molecule has 0 saturated heterocycles. The summed E-state index contributed by atoms with van der Waals surface area (Å²) in [6.45, 7) is 7.99. The zero-order valence-electron chi connectivity index (χ0n) is 10.4. The first-order chi connectivity index (χ1) is 7.30. The monoisotopic (exact) mass is 220 g/mol. The Hall–Kier alpha value is -1.51. The van der Waals surface area contributed by atoms with Crippen molar-refractivity contribution in [2.75, 3.05) is 5.32 Å². The van der Waals surface area contributed by atoms with Gasteiger partial charge >= 0.3 is 0 Å². The zero-order valence-corrected chi connectivity index (χ0v) is 10.4. The lowest BCUT2D eigenvalue weighted by Crippen LogP contribution is -2.45. The van der Waals surface area contributed by atoms with E-state index in [4.69, 9.17) is 5.73 Å². The number of rotatable bonds is 3. The molecule has 1 amide bonds. The highest BCUT2D eigenvalue weighted by molar-refractivity contribution is 5.83. The van der Waals surface area contributed by atoms with E-state index in [1.165, 1.54) is 0 Å². The third kappa shape index (κ3) is 3.26. The Balaban J connectivity index is 2.89. The van der Waals surface area contributed by atoms with Gasteiger partial charge < -0.3 is 11.1 Å². The van der Waals surface area contributed by atoms with Crippen LogP contribution in [0.4, 0.5) is 5.69 Å². The minimum Gasteiger partial charge on any atom is -0.373 e. The van der Waals surface area contributed by atoms with E-state index in [0.717, 1.165) is 11.3 Å². The van der Waals surface area contributed by atoms with E-state index in [2.05, 4.69) is 5.32 Å². The molecule has 3 heteroatoms. The highest BCUT2D eigenvalue weighted by atomic mass is 16.1. The maximum atomic E-state index is 11.4. The number of amides is 1. The summed E-state index contributed by atoms with van der Waals surface area (Å²) >= 11 is 0. The van der Waals surface area contributed by atoms with Crippen LogP contribution in [0.3, 0.4) is 0 Å². The second-order valence-corrected chi connectivity index (χ2v) is 5.22. The summed E-state index contributed by atoms with van der Waals surface area (Å²) in [5.41, 5.74) is 7.29. The quantitative estimate of drug-likeness (QED) is 0.821. The molecule has 16 heavy (non-hydrogen) atoms. The Kier molecular flexibility index (Phi) is 3.58. The molecule has 0 saturated carbocycles. The fraction of sp³-hybridized carbons (Fsp3) is 0.462. The van der Waals surface area contributed by atoms with Crippen LogP contribution < -0.4 is 11.1 Å². The molecular formula is C13H20N2O. The lowest BCUT2D eigenvalue weighted by molar-refractivity contribution is -0.120. The molecule has 1 atom stereocenters. The number of carbonyl (C=O) groups excluding carboxylic acids is 1. The summed E-state index contributed by atoms with van der Waals surface area (Å²) < 4.78 is 0. The van der Waals surface area contributed by atoms with Gasteiger partial charge in [0, 0.05) is 5.69 Å². The summed E-state index contributed by atoms with van der Waals surface area (Å²) in [7, 11) is 0. The predicted molar refractivity (Wildman–Crippen MR) is 67.2 cm³/mol. The number of aryl methyl sites for hydroxylation is 1. The maximum Gasteiger partial charge on any atom is 0.240 e. The van der Waals surface area contributed by atoms with Gasteiger partial charge in [0.15, 0.2) is 0 Å². The van der Waals surface area contributed by atoms with Gasteiger partial charge in [-0.25, -0.2) is 0 Å². The van der Waals surface area contributed by atoms with Crippen molar-refractivity contribution in [2.24, 2.45) is 11.1 Å². The average molecular weight is 220 g/mol. The van der Waals surface area contributed by atoms with Gasteiger partial charge in [-0.2, -0.15) is 0 Å². The third-order valence-electron chi connectivity index (χ3n) is 2.48. The van der Waals surface area contributed by atoms with E-state index in [0.29, 0.717) is 0 Å². The summed E-state index contributed by atoms with van der Waals surface area (Å²) in [5.74, 6) is -0.325. The molecule has 1 aromatic carbocycles. The summed E-state index contributed by atoms with van der Waals surface area (Å²) in [6, 6.07) is 7.55. The Morgan fingerprint density at radius 3 is 2.44 bits per heavy atom. The molecule has 3 N–H and O–H groups in total. The van der Waals surface area contributed by atoms with Gasteiger partial charge in [0.1, 0.15) is 6.04 Å². The van der Waals surface area contributed by atoms with Crippen LogP contribution in [0.1, 0.15) is 26.3 Å². The molecular weight excluding hydrogens is 200 g/mol. The van der Waals surface area contributed by atoms with E-state index < -0.39 is 0 Å². The van der Waals surface area contributed by atoms with Crippen LogP contribution >= 0.6 is 0 Å². The number of primary amides is 1. The molecule has 0 fully saturated rings. The number of anilines is 1. The van der Waals surface area contributed by atoms with E-state index >= 15 is 0 Å². The molecule has 3 nitrogen and oxygen atoms in total. The topological polar surface area (TPSA) is 55.1 Å². The molecule has 0 aliphatic carbocycles. The molecule has 0 heterocycles. The van der Waals surface area contributed by atoms with E-state index in [1.807, 2.05) is 52.0 Å². The lowest BCUT2D eigenvalue weighted by Gasteiger charge is -2.29. The molecule has 88 valence electrons. The first kappa shape index (κ1) is 12.6. The number of hydrogen-bond donors (Lipinski definition) is 2. The predicted octanol–water partition coefficient (Wildman–Crippen LogP) is 2.31. The Labute approximate surface area is 97.0 Å². The minimum absolute atomic E-state index is 0.199. The van der Waals surface area contributed by atoms with Crippen molar-refractivity contribution >= 4 is 11.6 Å². The van der Waals surface area contributed by atoms with Crippen LogP contribution in [-0.4, -0.2) is 11.9 Å². The number of carbonyl (C=O) groups is 1. The standard InChI is InChI=1S/C13H20N2O/c1-9-6-5-7-10(8-9)15-11(12(14)16)13(2,3)4/h5-8,11,15H,1-4H3,(H2,14,16). The fourth-order valence-electron chi connectivity index (χ4n) is 1.62. The Morgan fingerprint density at radius 1 is 1.38 bits per heavy atom. The van der Waals surface area contributed by atoms with Crippen LogP contribution in [0.25, 0.3) is 0 Å². The summed E-state index contributed by atoms with van der Waals surface area (Å²) in [5, 5.41) is 3.18. The van der Waals surface area contributed by atoms with Crippen molar-refractivity contribution in [3.63, 3.8) is 0 Å². The van der Waals surface area contributed by atoms with Crippen LogP contribution in [0.2, 0.25) is 0 Å². The van der Waals surface area contributed by atoms with Crippen LogP contribution in [-0.2, 0) is 4.79 Å². The van der Waals surface area contributed by atoms with Crippen molar-refractivity contribution in [3.05, 3.63) is 29.8 Å². The maximum absolute atomic E-state index is 11.4. The molecule has 0 spiro atoms. The molecule has 1 aromatic rings. The molecule has 1 unspecified atom stereocenters. The summed E-state index contributed by atoms with van der Waals surface area (Å²) in [6.07, 6.45) is 0. The second-order valence-electron chi connectivity index (χ2n) is 5.22. The summed E-state index contributed by atoms with van der Waals surface area (Å²) in [4.78, 5) is 11.4. The molecule has 0 bridgehead atoms. The van der Waals surface area contributed by atoms with Crippen molar-refractivity contribution in [3.8, 4) is 0 Å². The number of nitrogens with two attached hydrogens (primary N) is 1. The zero-order chi connectivity index (χ0) is 12.3. The number of hydrogen-bond acceptors (Lipinski definition) is 2. The van der Waals surface area contributed by atoms with Gasteiger partial charge in [-0.3, -0.25) is 4.79 Å². The molecule has 0 radical (unpaired) electrons. The third-order valence-corrected chi connectivity index (χ3v) is 2.48. The van der Waals surface area contributed by atoms with Crippen molar-refractivity contribution in [2.45, 2.75) is 33.7 Å². The van der Waals surface area contributed by atoms with E-state index in [-0.39, 0.29) is 17.4 Å². The van der Waals surface area contributed by atoms with Gasteiger partial charge in [-0.15, -0.1) is 0 Å². The van der Waals surface area contributed by atoms with Gasteiger partial charge in [0.25, 0.3) is 0 Å². The SMILES string of the molecule is Cc1cccc(NC(C(N)=O)C(C)(C)C)c1. The van der Waals surface area contributed by atoms with Gasteiger partial charge in [0.05, 0.1) is 0 Å².